The lowest BCUT2D eigenvalue weighted by molar-refractivity contribution is -0.232. The maximum Gasteiger partial charge on any atom is 0.280 e. The number of H-pyrrole nitrogens is 1. The standard InChI is InChI=1S/C39H46N6O7/c1-25(2)35(47)42-37-41-34-33(36(48)43-37)40-24-45(34)32-20-44(26(3)4)21-38(22-46,52-32)23-51-39(27-10-8-7-9-11-27,28-12-16-30(49-5)17-13-28)29-14-18-31(50-6)19-15-29/h7-19,24-26,32,46H,20-23H2,1-6H3,(H2,41,42,43,47,48)/t32-,38+/m1/s1. The summed E-state index contributed by atoms with van der Waals surface area (Å²) in [5.74, 6) is 0.796. The zero-order valence-electron chi connectivity index (χ0n) is 30.3. The molecular weight excluding hydrogens is 664 g/mol. The van der Waals surface area contributed by atoms with Gasteiger partial charge in [-0.3, -0.25) is 29.4 Å². The van der Waals surface area contributed by atoms with Gasteiger partial charge in [-0.2, -0.15) is 4.98 Å². The van der Waals surface area contributed by atoms with Gasteiger partial charge in [0.15, 0.2) is 11.2 Å². The molecule has 0 spiro atoms. The number of carbonyl (C=O) groups excluding carboxylic acids is 1. The second kappa shape index (κ2) is 15.3. The number of carbonyl (C=O) groups is 1. The van der Waals surface area contributed by atoms with E-state index in [2.05, 4.69) is 39.0 Å². The number of hydrogen-bond acceptors (Lipinski definition) is 10. The van der Waals surface area contributed by atoms with Crippen molar-refractivity contribution in [2.75, 3.05) is 45.8 Å². The lowest BCUT2D eigenvalue weighted by Gasteiger charge is -2.48. The van der Waals surface area contributed by atoms with Gasteiger partial charge in [0.25, 0.3) is 5.56 Å². The van der Waals surface area contributed by atoms with E-state index in [1.807, 2.05) is 78.9 Å². The molecule has 1 aliphatic heterocycles. The molecule has 13 heteroatoms. The number of ether oxygens (including phenoxy) is 4. The molecule has 274 valence electrons. The van der Waals surface area contributed by atoms with E-state index < -0.39 is 23.0 Å². The van der Waals surface area contributed by atoms with E-state index in [4.69, 9.17) is 18.9 Å². The molecule has 0 unspecified atom stereocenters. The van der Waals surface area contributed by atoms with Gasteiger partial charge in [-0.05, 0) is 54.8 Å². The van der Waals surface area contributed by atoms with Crippen molar-refractivity contribution in [3.05, 3.63) is 112 Å². The van der Waals surface area contributed by atoms with Crippen molar-refractivity contribution >= 4 is 23.0 Å². The Morgan fingerprint density at radius 1 is 0.981 bits per heavy atom. The van der Waals surface area contributed by atoms with Crippen LogP contribution < -0.4 is 20.3 Å². The van der Waals surface area contributed by atoms with Crippen LogP contribution in [0.4, 0.5) is 5.95 Å². The summed E-state index contributed by atoms with van der Waals surface area (Å²) in [4.78, 5) is 39.2. The SMILES string of the molecule is COc1ccc(C(OC[C@@]2(CO)CN(C(C)C)C[C@H](n3cnc4c(=O)[nH]c(NC(=O)C(C)C)nc43)O2)(c2ccccc2)c2ccc(OC)cc2)cc1. The molecule has 1 saturated heterocycles. The minimum absolute atomic E-state index is 0.0119. The van der Waals surface area contributed by atoms with Crippen molar-refractivity contribution in [3.63, 3.8) is 0 Å². The van der Waals surface area contributed by atoms with Crippen molar-refractivity contribution in [1.29, 1.82) is 0 Å². The van der Waals surface area contributed by atoms with Crippen LogP contribution >= 0.6 is 0 Å². The third-order valence-electron chi connectivity index (χ3n) is 9.52. The summed E-state index contributed by atoms with van der Waals surface area (Å²) in [7, 11) is 3.25. The summed E-state index contributed by atoms with van der Waals surface area (Å²) in [6.07, 6.45) is 0.773. The Kier molecular flexibility index (Phi) is 10.8. The first kappa shape index (κ1) is 36.7. The van der Waals surface area contributed by atoms with E-state index in [1.165, 1.54) is 6.33 Å². The number of fused-ring (bicyclic) bond motifs is 1. The average Bonchev–Trinajstić information content (AvgIpc) is 3.60. The summed E-state index contributed by atoms with van der Waals surface area (Å²) in [6.45, 7) is 7.99. The summed E-state index contributed by atoms with van der Waals surface area (Å²) in [5, 5.41) is 13.9. The molecule has 5 aromatic rings. The highest BCUT2D eigenvalue weighted by Crippen LogP contribution is 2.43. The van der Waals surface area contributed by atoms with Gasteiger partial charge in [-0.1, -0.05) is 68.4 Å². The normalized spacial score (nSPS) is 18.2. The Balaban J connectivity index is 1.44. The number of aromatic amines is 1. The number of nitrogens with one attached hydrogen (secondary N) is 2. The number of benzene rings is 3. The van der Waals surface area contributed by atoms with Gasteiger partial charge in [0.05, 0.1) is 33.8 Å². The van der Waals surface area contributed by atoms with Crippen LogP contribution in [0.25, 0.3) is 11.2 Å². The minimum Gasteiger partial charge on any atom is -0.497 e. The second-order valence-corrected chi connectivity index (χ2v) is 13.6. The number of amides is 1. The third-order valence-corrected chi connectivity index (χ3v) is 9.52. The van der Waals surface area contributed by atoms with Gasteiger partial charge < -0.3 is 24.1 Å². The number of anilines is 1. The molecule has 3 aromatic carbocycles. The fourth-order valence-electron chi connectivity index (χ4n) is 6.52. The fourth-order valence-corrected chi connectivity index (χ4v) is 6.52. The highest BCUT2D eigenvalue weighted by Gasteiger charge is 2.47. The first-order chi connectivity index (χ1) is 25.0. The van der Waals surface area contributed by atoms with Crippen LogP contribution in [0.1, 0.15) is 50.6 Å². The van der Waals surface area contributed by atoms with E-state index >= 15 is 0 Å². The lowest BCUT2D eigenvalue weighted by atomic mass is 9.79. The molecule has 0 radical (unpaired) electrons. The zero-order valence-corrected chi connectivity index (χ0v) is 30.3. The molecule has 0 aliphatic carbocycles. The number of aliphatic hydroxyl groups excluding tert-OH is 1. The molecule has 1 aliphatic rings. The van der Waals surface area contributed by atoms with E-state index in [0.717, 1.165) is 16.7 Å². The first-order valence-corrected chi connectivity index (χ1v) is 17.3. The van der Waals surface area contributed by atoms with Gasteiger partial charge in [0, 0.05) is 25.0 Å². The number of aliphatic hydroxyl groups is 1. The molecule has 13 nitrogen and oxygen atoms in total. The average molecular weight is 711 g/mol. The Hall–Kier alpha value is -5.08. The summed E-state index contributed by atoms with van der Waals surface area (Å²) >= 11 is 0. The Morgan fingerprint density at radius 2 is 1.58 bits per heavy atom. The molecule has 3 heterocycles. The third kappa shape index (κ3) is 7.17. The van der Waals surface area contributed by atoms with Gasteiger partial charge in [0.1, 0.15) is 28.9 Å². The maximum atomic E-state index is 13.1. The van der Waals surface area contributed by atoms with E-state index in [-0.39, 0.29) is 48.2 Å². The number of imidazole rings is 1. The monoisotopic (exact) mass is 710 g/mol. The van der Waals surface area contributed by atoms with Crippen molar-refractivity contribution in [1.82, 2.24) is 24.4 Å². The van der Waals surface area contributed by atoms with E-state index in [0.29, 0.717) is 24.6 Å². The molecule has 1 fully saturated rings. The molecule has 2 aromatic heterocycles. The lowest BCUT2D eigenvalue weighted by Crippen LogP contribution is -2.60. The minimum atomic E-state index is -1.24. The largest absolute Gasteiger partial charge is 0.497 e. The smallest absolute Gasteiger partial charge is 0.280 e. The van der Waals surface area contributed by atoms with Gasteiger partial charge in [0.2, 0.25) is 11.9 Å². The van der Waals surface area contributed by atoms with Gasteiger partial charge in [-0.25, -0.2) is 4.98 Å². The summed E-state index contributed by atoms with van der Waals surface area (Å²) in [6, 6.07) is 25.5. The molecule has 52 heavy (non-hydrogen) atoms. The Bertz CT molecular complexity index is 1980. The molecule has 1 amide bonds. The quantitative estimate of drug-likeness (QED) is 0.147. The predicted molar refractivity (Wildman–Crippen MR) is 197 cm³/mol. The van der Waals surface area contributed by atoms with Crippen LogP contribution in [-0.4, -0.2) is 87.6 Å². The van der Waals surface area contributed by atoms with Crippen LogP contribution in [0, 0.1) is 5.92 Å². The maximum absolute atomic E-state index is 13.1. The van der Waals surface area contributed by atoms with Crippen LogP contribution in [0.2, 0.25) is 0 Å². The number of hydrogen-bond donors (Lipinski definition) is 3. The van der Waals surface area contributed by atoms with Crippen LogP contribution in [0.5, 0.6) is 11.5 Å². The summed E-state index contributed by atoms with van der Waals surface area (Å²) in [5.41, 5.74) is -0.00690. The molecule has 6 rings (SSSR count). The van der Waals surface area contributed by atoms with Crippen molar-refractivity contribution in [2.45, 2.75) is 51.2 Å². The number of aromatic nitrogens is 4. The number of morpholine rings is 1. The van der Waals surface area contributed by atoms with Crippen LogP contribution in [0.15, 0.2) is 90.0 Å². The Morgan fingerprint density at radius 3 is 2.12 bits per heavy atom. The van der Waals surface area contributed by atoms with Crippen molar-refractivity contribution in [2.24, 2.45) is 5.92 Å². The highest BCUT2D eigenvalue weighted by atomic mass is 16.6. The van der Waals surface area contributed by atoms with Crippen LogP contribution in [0.3, 0.4) is 0 Å². The second-order valence-electron chi connectivity index (χ2n) is 13.6. The van der Waals surface area contributed by atoms with E-state index in [1.54, 1.807) is 32.6 Å². The predicted octanol–water partition coefficient (Wildman–Crippen LogP) is 4.71. The van der Waals surface area contributed by atoms with Crippen molar-refractivity contribution < 1.29 is 28.8 Å². The molecular formula is C39H46N6O7. The molecule has 2 atom stereocenters. The fraction of sp³-hybridized carbons (Fsp3) is 0.385. The van der Waals surface area contributed by atoms with Gasteiger partial charge >= 0.3 is 0 Å². The number of rotatable bonds is 13. The Labute approximate surface area is 302 Å². The van der Waals surface area contributed by atoms with Gasteiger partial charge in [-0.15, -0.1) is 0 Å². The molecule has 0 saturated carbocycles. The number of methoxy groups -OCH3 is 2. The zero-order chi connectivity index (χ0) is 37.0. The topological polar surface area (TPSA) is 153 Å². The van der Waals surface area contributed by atoms with Crippen LogP contribution in [-0.2, 0) is 19.9 Å². The van der Waals surface area contributed by atoms with Crippen molar-refractivity contribution in [3.8, 4) is 11.5 Å². The summed E-state index contributed by atoms with van der Waals surface area (Å²) < 4.78 is 26.7. The first-order valence-electron chi connectivity index (χ1n) is 17.3. The highest BCUT2D eigenvalue weighted by molar-refractivity contribution is 5.91. The molecule has 3 N–H and O–H groups in total. The van der Waals surface area contributed by atoms with E-state index in [9.17, 15) is 14.7 Å². The number of nitrogens with zero attached hydrogens (tertiary/aromatic N) is 4. The molecule has 0 bridgehead atoms.